The molecule has 0 saturated carbocycles. The first-order chi connectivity index (χ1) is 15.5. The van der Waals surface area contributed by atoms with Crippen molar-refractivity contribution in [2.75, 3.05) is 31.1 Å². The van der Waals surface area contributed by atoms with Crippen LogP contribution in [0.1, 0.15) is 21.6 Å². The van der Waals surface area contributed by atoms with E-state index in [2.05, 4.69) is 30.3 Å². The first kappa shape index (κ1) is 24.2. The number of para-hydroxylation sites is 1. The number of benzene rings is 1. The maximum absolute atomic E-state index is 13.6. The number of ether oxygens (including phenoxy) is 1. The monoisotopic (exact) mass is 479 g/mol. The second kappa shape index (κ2) is 9.58. The molecule has 0 aliphatic carbocycles. The molecule has 1 aromatic carbocycles. The lowest BCUT2D eigenvalue weighted by Gasteiger charge is -2.18. The number of carbonyl (C=O) groups is 1. The molecule has 8 nitrogen and oxygen atoms in total. The van der Waals surface area contributed by atoms with Crippen LogP contribution in [0.15, 0.2) is 48.8 Å². The molecule has 3 rings (SSSR count). The summed E-state index contributed by atoms with van der Waals surface area (Å²) >= 11 is 0. The van der Waals surface area contributed by atoms with Crippen LogP contribution >= 0.6 is 7.14 Å². The van der Waals surface area contributed by atoms with Gasteiger partial charge in [-0.3, -0.25) is 4.98 Å². The quantitative estimate of drug-likeness (QED) is 0.382. The summed E-state index contributed by atoms with van der Waals surface area (Å²) in [5, 5.41) is 5.88. The van der Waals surface area contributed by atoms with E-state index >= 15 is 0 Å². The number of nitrogens with one attached hydrogen (secondary N) is 2. The number of hydrogen-bond acceptors (Lipinski definition) is 8. The van der Waals surface area contributed by atoms with Crippen molar-refractivity contribution in [1.82, 2.24) is 15.0 Å². The highest BCUT2D eigenvalue weighted by Crippen LogP contribution is 2.40. The van der Waals surface area contributed by atoms with Crippen LogP contribution in [0.5, 0.6) is 0 Å². The first-order valence-corrected chi connectivity index (χ1v) is 12.2. The second-order valence-electron chi connectivity index (χ2n) is 7.33. The van der Waals surface area contributed by atoms with Gasteiger partial charge in [0.15, 0.2) is 0 Å². The van der Waals surface area contributed by atoms with Crippen molar-refractivity contribution >= 4 is 35.9 Å². The van der Waals surface area contributed by atoms with E-state index in [0.29, 0.717) is 17.2 Å². The van der Waals surface area contributed by atoms with Gasteiger partial charge in [0.2, 0.25) is 5.95 Å². The van der Waals surface area contributed by atoms with Gasteiger partial charge in [-0.25, -0.2) is 9.78 Å². The molecule has 0 spiro atoms. The summed E-state index contributed by atoms with van der Waals surface area (Å²) in [6.07, 6.45) is -2.71. The fourth-order valence-electron chi connectivity index (χ4n) is 2.88. The Hall–Kier alpha value is -3.46. The minimum Gasteiger partial charge on any atom is -0.465 e. The van der Waals surface area contributed by atoms with Crippen LogP contribution in [-0.4, -0.2) is 41.4 Å². The third-order valence-electron chi connectivity index (χ3n) is 4.50. The lowest BCUT2D eigenvalue weighted by molar-refractivity contribution is -0.137. The van der Waals surface area contributed by atoms with Crippen LogP contribution in [0.4, 0.5) is 30.6 Å². The number of aromatic nitrogens is 3. The van der Waals surface area contributed by atoms with E-state index in [9.17, 15) is 22.5 Å². The van der Waals surface area contributed by atoms with Gasteiger partial charge in [-0.1, -0.05) is 12.1 Å². The molecule has 2 N–H and O–H groups in total. The summed E-state index contributed by atoms with van der Waals surface area (Å²) in [5.41, 5.74) is -0.0308. The summed E-state index contributed by atoms with van der Waals surface area (Å²) < 4.78 is 57.9. The molecule has 0 radical (unpaired) electrons. The fourth-order valence-corrected chi connectivity index (χ4v) is 4.04. The Balaban J connectivity index is 1.87. The fraction of sp³-hybridized carbons (Fsp3) is 0.238. The Bertz CT molecular complexity index is 1200. The molecule has 3 aromatic rings. The Morgan fingerprint density at radius 1 is 1.09 bits per heavy atom. The number of carbonyl (C=O) groups excluding carboxylic acids is 1. The average molecular weight is 479 g/mol. The summed E-state index contributed by atoms with van der Waals surface area (Å²) in [4.78, 5) is 23.3. The first-order valence-electron chi connectivity index (χ1n) is 9.62. The van der Waals surface area contributed by atoms with Gasteiger partial charge in [0.1, 0.15) is 18.5 Å². The van der Waals surface area contributed by atoms with Gasteiger partial charge in [-0.05, 0) is 37.6 Å². The third kappa shape index (κ3) is 6.07. The van der Waals surface area contributed by atoms with E-state index in [-0.39, 0.29) is 23.7 Å². The maximum atomic E-state index is 13.6. The number of hydrogen-bond donors (Lipinski definition) is 2. The summed E-state index contributed by atoms with van der Waals surface area (Å²) in [7, 11) is -1.52. The Kier molecular flexibility index (Phi) is 7.02. The van der Waals surface area contributed by atoms with Crippen molar-refractivity contribution in [2.45, 2.75) is 12.7 Å². The zero-order chi connectivity index (χ0) is 24.2. The molecule has 0 aliphatic rings. The largest absolute Gasteiger partial charge is 0.465 e. The van der Waals surface area contributed by atoms with Crippen molar-refractivity contribution in [3.05, 3.63) is 65.6 Å². The van der Waals surface area contributed by atoms with Crippen molar-refractivity contribution in [1.29, 1.82) is 0 Å². The Morgan fingerprint density at radius 2 is 1.82 bits per heavy atom. The lowest BCUT2D eigenvalue weighted by atomic mass is 10.2. The van der Waals surface area contributed by atoms with E-state index in [1.165, 1.54) is 38.8 Å². The second-order valence-corrected chi connectivity index (χ2v) is 10.5. The van der Waals surface area contributed by atoms with Gasteiger partial charge in [-0.15, -0.1) is 0 Å². The molecule has 0 saturated heterocycles. The number of pyridine rings is 1. The number of alkyl halides is 3. The smallest absolute Gasteiger partial charge is 0.421 e. The zero-order valence-corrected chi connectivity index (χ0v) is 18.9. The predicted octanol–water partition coefficient (Wildman–Crippen LogP) is 4.28. The highest BCUT2D eigenvalue weighted by atomic mass is 31.2. The van der Waals surface area contributed by atoms with Crippen molar-refractivity contribution in [3.8, 4) is 0 Å². The van der Waals surface area contributed by atoms with Gasteiger partial charge in [0.25, 0.3) is 0 Å². The molecule has 174 valence electrons. The molecular formula is C21H21F3N5O3P. The standard InChI is InChI=1S/C21H21F3N5O3P/c1-32-19(30)13-8-9-14(25-10-13)11-26-20-27-12-15(21(22,23)24)18(29-20)28-16-6-4-5-7-17(16)33(2,3)31/h4-10,12H,11H2,1-3H3,(H2,26,27,28,29). The van der Waals surface area contributed by atoms with Gasteiger partial charge in [-0.2, -0.15) is 18.2 Å². The zero-order valence-electron chi connectivity index (χ0n) is 18.0. The minimum absolute atomic E-state index is 0.0713. The van der Waals surface area contributed by atoms with Crippen LogP contribution in [0.2, 0.25) is 0 Å². The number of nitrogens with zero attached hydrogens (tertiary/aromatic N) is 3. The van der Waals surface area contributed by atoms with Crippen molar-refractivity contribution in [3.63, 3.8) is 0 Å². The van der Waals surface area contributed by atoms with Crippen LogP contribution in [0, 0.1) is 0 Å². The van der Waals surface area contributed by atoms with Crippen LogP contribution in [0.3, 0.4) is 0 Å². The Morgan fingerprint density at radius 3 is 2.42 bits per heavy atom. The van der Waals surface area contributed by atoms with Crippen LogP contribution < -0.4 is 15.9 Å². The molecule has 0 atom stereocenters. The molecule has 12 heteroatoms. The van der Waals surface area contributed by atoms with E-state index in [1.54, 1.807) is 24.3 Å². The van der Waals surface area contributed by atoms with Gasteiger partial charge < -0.3 is 19.9 Å². The van der Waals surface area contributed by atoms with E-state index in [0.717, 1.165) is 0 Å². The Labute approximate surface area is 188 Å². The van der Waals surface area contributed by atoms with E-state index in [1.807, 2.05) is 0 Å². The molecule has 0 amide bonds. The van der Waals surface area contributed by atoms with E-state index in [4.69, 9.17) is 0 Å². The minimum atomic E-state index is -4.71. The number of rotatable bonds is 7. The molecule has 33 heavy (non-hydrogen) atoms. The molecule has 2 heterocycles. The van der Waals surface area contributed by atoms with Crippen molar-refractivity contribution in [2.24, 2.45) is 0 Å². The third-order valence-corrected chi connectivity index (χ3v) is 6.06. The van der Waals surface area contributed by atoms with Gasteiger partial charge in [0, 0.05) is 17.7 Å². The predicted molar refractivity (Wildman–Crippen MR) is 119 cm³/mol. The molecule has 0 aliphatic heterocycles. The summed E-state index contributed by atoms with van der Waals surface area (Å²) in [6.45, 7) is 3.16. The lowest BCUT2D eigenvalue weighted by Crippen LogP contribution is -2.16. The van der Waals surface area contributed by atoms with Crippen LogP contribution in [-0.2, 0) is 22.0 Å². The SMILES string of the molecule is COC(=O)c1ccc(CNc2ncc(C(F)(F)F)c(Nc3ccccc3P(C)(C)=O)n2)nc1. The molecule has 0 bridgehead atoms. The normalized spacial score (nSPS) is 11.7. The van der Waals surface area contributed by atoms with Gasteiger partial charge in [0.05, 0.1) is 30.6 Å². The number of halogens is 3. The highest BCUT2D eigenvalue weighted by molar-refractivity contribution is 7.70. The van der Waals surface area contributed by atoms with Gasteiger partial charge >= 0.3 is 12.1 Å². The van der Waals surface area contributed by atoms with E-state index < -0.39 is 30.7 Å². The number of anilines is 3. The number of esters is 1. The summed E-state index contributed by atoms with van der Waals surface area (Å²) in [5.74, 6) is -1.08. The molecule has 0 unspecified atom stereocenters. The molecule has 2 aromatic heterocycles. The average Bonchev–Trinajstić information content (AvgIpc) is 2.76. The topological polar surface area (TPSA) is 106 Å². The maximum Gasteiger partial charge on any atom is 0.421 e. The summed E-state index contributed by atoms with van der Waals surface area (Å²) in [6, 6.07) is 9.51. The molecule has 0 fully saturated rings. The van der Waals surface area contributed by atoms with Crippen LogP contribution in [0.25, 0.3) is 0 Å². The van der Waals surface area contributed by atoms with Crippen molar-refractivity contribution < 1.29 is 27.3 Å². The highest BCUT2D eigenvalue weighted by Gasteiger charge is 2.35. The number of methoxy groups -OCH3 is 1. The molecular weight excluding hydrogens is 458 g/mol.